The number of phenolic OH excluding ortho intramolecular Hbond substituents is 2. The summed E-state index contributed by atoms with van der Waals surface area (Å²) in [5, 5.41) is 39.7. The van der Waals surface area contributed by atoms with Crippen LogP contribution in [0, 0.1) is 0 Å². The van der Waals surface area contributed by atoms with E-state index in [9.17, 15) is 10.2 Å². The number of aliphatic carboxylic acids is 2. The fraction of sp³-hybridized carbons (Fsp3) is 0.579. The summed E-state index contributed by atoms with van der Waals surface area (Å²) < 4.78 is 0. The number of carbonyl (C=O) groups excluding carboxylic acids is 2. The van der Waals surface area contributed by atoms with Gasteiger partial charge in [-0.15, -0.1) is 0 Å². The SMILES string of the molecule is CC(=O)[O-].CC(=O)[O-].CC(C)c1cc(C(C)(C)C)cc(C=NC2CCCC(N=Cc3cc(C(C)(C)C)cc(C(C)C)c3O)C2)c1O.[Co+2]. The molecule has 0 spiro atoms. The first-order valence-electron chi connectivity index (χ1n) is 16.2. The summed E-state index contributed by atoms with van der Waals surface area (Å²) in [6, 6.07) is 8.79. The van der Waals surface area contributed by atoms with Crippen molar-refractivity contribution in [2.45, 2.75) is 144 Å². The van der Waals surface area contributed by atoms with E-state index < -0.39 is 11.9 Å². The zero-order valence-electron chi connectivity index (χ0n) is 30.4. The number of carboxylic acid groups (broad SMARTS) is 2. The number of carboxylic acids is 2. The minimum atomic E-state index is -1.08. The van der Waals surface area contributed by atoms with Gasteiger partial charge in [0.15, 0.2) is 0 Å². The number of phenols is 2. The van der Waals surface area contributed by atoms with Gasteiger partial charge in [-0.05, 0) is 96.6 Å². The van der Waals surface area contributed by atoms with Gasteiger partial charge in [0.25, 0.3) is 0 Å². The zero-order valence-corrected chi connectivity index (χ0v) is 31.4. The van der Waals surface area contributed by atoms with Crippen LogP contribution in [-0.2, 0) is 37.2 Å². The first-order chi connectivity index (χ1) is 21.0. The number of carbonyl (C=O) groups is 2. The number of hydrogen-bond donors (Lipinski definition) is 2. The zero-order chi connectivity index (χ0) is 35.6. The molecule has 47 heavy (non-hydrogen) atoms. The molecule has 0 aromatic heterocycles. The molecule has 0 bridgehead atoms. The quantitative estimate of drug-likeness (QED) is 0.340. The van der Waals surface area contributed by atoms with Crippen LogP contribution in [0.1, 0.15) is 154 Å². The predicted molar refractivity (Wildman–Crippen MR) is 184 cm³/mol. The molecule has 9 heteroatoms. The van der Waals surface area contributed by atoms with Crippen LogP contribution < -0.4 is 10.2 Å². The van der Waals surface area contributed by atoms with Gasteiger partial charge in [-0.2, -0.15) is 0 Å². The molecule has 1 aliphatic rings. The van der Waals surface area contributed by atoms with Crippen molar-refractivity contribution >= 4 is 24.4 Å². The summed E-state index contributed by atoms with van der Waals surface area (Å²) in [4.78, 5) is 27.7. The number of aliphatic imine (C=N–C) groups is 2. The normalized spacial score (nSPS) is 16.7. The number of rotatable bonds is 6. The van der Waals surface area contributed by atoms with E-state index in [1.54, 1.807) is 0 Å². The second kappa shape index (κ2) is 19.0. The maximum atomic E-state index is 11.0. The Hall–Kier alpha value is -3.17. The van der Waals surface area contributed by atoms with Crippen molar-refractivity contribution in [3.63, 3.8) is 0 Å². The van der Waals surface area contributed by atoms with Crippen LogP contribution in [0.15, 0.2) is 34.3 Å². The Morgan fingerprint density at radius 3 is 1.28 bits per heavy atom. The largest absolute Gasteiger partial charge is 2.00 e. The molecule has 2 unspecified atom stereocenters. The Morgan fingerprint density at radius 1 is 0.723 bits per heavy atom. The van der Waals surface area contributed by atoms with Gasteiger partial charge in [-0.25, -0.2) is 0 Å². The molecule has 1 radical (unpaired) electrons. The van der Waals surface area contributed by atoms with E-state index in [4.69, 9.17) is 29.8 Å². The Labute approximate surface area is 293 Å². The van der Waals surface area contributed by atoms with E-state index in [2.05, 4.69) is 93.5 Å². The van der Waals surface area contributed by atoms with Crippen LogP contribution in [-0.4, -0.2) is 46.7 Å². The minimum absolute atomic E-state index is 0. The van der Waals surface area contributed by atoms with Gasteiger partial charge in [0.2, 0.25) is 0 Å². The molecule has 0 aliphatic heterocycles. The molecule has 2 atom stereocenters. The molecule has 0 heterocycles. The standard InChI is InChI=1S/C34H50N2O2.2C2H4O2.Co/c1-21(2)29-16-25(33(5,6)7)14-23(31(29)37)19-35-27-12-11-13-28(18-27)36-20-24-15-26(34(8,9)10)17-30(22(3)4)32(24)38;2*1-2(3)4;/h14-17,19-22,27-28,37-38H,11-13,18H2,1-10H3;2*1H3,(H,3,4);/q;;;+2/p-2. The third-order valence-corrected chi connectivity index (χ3v) is 7.78. The maximum absolute atomic E-state index is 11.0. The van der Waals surface area contributed by atoms with E-state index in [0.717, 1.165) is 61.8 Å². The number of nitrogens with zero attached hydrogens (tertiary/aromatic N) is 2. The summed E-state index contributed by atoms with van der Waals surface area (Å²) in [7, 11) is 0. The Morgan fingerprint density at radius 2 is 1.02 bits per heavy atom. The predicted octanol–water partition coefficient (Wildman–Crippen LogP) is 6.30. The maximum Gasteiger partial charge on any atom is 2.00 e. The molecule has 2 aromatic carbocycles. The average molecular weight is 696 g/mol. The summed E-state index contributed by atoms with van der Waals surface area (Å²) in [5.41, 5.74) is 5.97. The van der Waals surface area contributed by atoms with Gasteiger partial charge in [0, 0.05) is 35.5 Å². The summed E-state index contributed by atoms with van der Waals surface area (Å²) in [5.74, 6) is -1.00. The molecule has 263 valence electrons. The van der Waals surface area contributed by atoms with Crippen LogP contribution in [0.4, 0.5) is 0 Å². The van der Waals surface area contributed by atoms with Crippen molar-refractivity contribution in [3.8, 4) is 11.5 Å². The molecule has 1 aliphatic carbocycles. The number of hydrogen-bond acceptors (Lipinski definition) is 8. The van der Waals surface area contributed by atoms with Gasteiger partial charge in [-0.3, -0.25) is 9.98 Å². The van der Waals surface area contributed by atoms with Crippen molar-refractivity contribution in [3.05, 3.63) is 57.6 Å². The second-order valence-corrected chi connectivity index (χ2v) is 14.8. The fourth-order valence-electron chi connectivity index (χ4n) is 5.08. The topological polar surface area (TPSA) is 145 Å². The molecule has 2 N–H and O–H groups in total. The number of aromatic hydroxyl groups is 2. The molecule has 0 saturated heterocycles. The van der Waals surface area contributed by atoms with E-state index in [0.29, 0.717) is 11.5 Å². The van der Waals surface area contributed by atoms with Gasteiger partial charge in [-0.1, -0.05) is 81.4 Å². The first-order valence-corrected chi connectivity index (χ1v) is 16.2. The molecule has 1 saturated carbocycles. The van der Waals surface area contributed by atoms with Gasteiger partial charge in [0.1, 0.15) is 11.5 Å². The summed E-state index contributed by atoms with van der Waals surface area (Å²) >= 11 is 0. The van der Waals surface area contributed by atoms with Crippen molar-refractivity contribution in [2.24, 2.45) is 9.98 Å². The van der Waals surface area contributed by atoms with E-state index >= 15 is 0 Å². The van der Waals surface area contributed by atoms with Gasteiger partial charge in [0.05, 0.1) is 12.1 Å². The van der Waals surface area contributed by atoms with Crippen molar-refractivity contribution in [1.29, 1.82) is 0 Å². The van der Waals surface area contributed by atoms with Crippen molar-refractivity contribution < 1.29 is 46.8 Å². The third-order valence-electron chi connectivity index (χ3n) is 7.78. The van der Waals surface area contributed by atoms with Crippen LogP contribution in [0.3, 0.4) is 0 Å². The second-order valence-electron chi connectivity index (χ2n) is 14.8. The van der Waals surface area contributed by atoms with Crippen LogP contribution in [0.5, 0.6) is 11.5 Å². The smallest absolute Gasteiger partial charge is 0.550 e. The van der Waals surface area contributed by atoms with E-state index in [1.165, 1.54) is 11.1 Å². The summed E-state index contributed by atoms with van der Waals surface area (Å²) in [6.07, 6.45) is 7.76. The Kier molecular flexibility index (Phi) is 17.7. The summed E-state index contributed by atoms with van der Waals surface area (Å²) in [6.45, 7) is 23.6. The van der Waals surface area contributed by atoms with Crippen LogP contribution in [0.2, 0.25) is 0 Å². The monoisotopic (exact) mass is 695 g/mol. The molecular formula is C38H56CoN2O6. The fourth-order valence-corrected chi connectivity index (χ4v) is 5.08. The number of benzene rings is 2. The van der Waals surface area contributed by atoms with Crippen molar-refractivity contribution in [1.82, 2.24) is 0 Å². The minimum Gasteiger partial charge on any atom is -0.550 e. The molecular weight excluding hydrogens is 639 g/mol. The van der Waals surface area contributed by atoms with Crippen molar-refractivity contribution in [2.75, 3.05) is 0 Å². The molecule has 0 amide bonds. The Balaban J connectivity index is 0.00000211. The third kappa shape index (κ3) is 15.1. The van der Waals surface area contributed by atoms with Gasteiger partial charge < -0.3 is 30.0 Å². The molecule has 2 aromatic rings. The van der Waals surface area contributed by atoms with Crippen LogP contribution >= 0.6 is 0 Å². The molecule has 3 rings (SSSR count). The Bertz CT molecular complexity index is 1270. The average Bonchev–Trinajstić information content (AvgIpc) is 2.90. The molecule has 1 fully saturated rings. The van der Waals surface area contributed by atoms with Crippen LogP contribution in [0.25, 0.3) is 0 Å². The van der Waals surface area contributed by atoms with E-state index in [-0.39, 0.29) is 51.5 Å². The first kappa shape index (κ1) is 43.8. The van der Waals surface area contributed by atoms with Gasteiger partial charge >= 0.3 is 16.8 Å². The molecule has 8 nitrogen and oxygen atoms in total. The van der Waals surface area contributed by atoms with E-state index in [1.807, 2.05) is 12.4 Å².